The molecule has 220 valence electrons. The second-order valence-electron chi connectivity index (χ2n) is 11.4. The summed E-state index contributed by atoms with van der Waals surface area (Å²) in [7, 11) is 0. The number of aromatic nitrogens is 4. The summed E-state index contributed by atoms with van der Waals surface area (Å²) >= 11 is 1.76. The van der Waals surface area contributed by atoms with E-state index in [1.807, 2.05) is 78.9 Å². The van der Waals surface area contributed by atoms with Gasteiger partial charge in [0.05, 0.1) is 5.56 Å². The molecule has 10 rings (SSSR count). The number of nitrogens with zero attached hydrogens (tertiary/aromatic N) is 4. The maximum absolute atomic E-state index is 6.55. The van der Waals surface area contributed by atoms with Gasteiger partial charge in [-0.3, -0.25) is 0 Å². The average molecular weight is 623 g/mol. The van der Waals surface area contributed by atoms with E-state index in [0.717, 1.165) is 54.4 Å². The van der Waals surface area contributed by atoms with Gasteiger partial charge in [0.25, 0.3) is 0 Å². The van der Waals surface area contributed by atoms with Crippen molar-refractivity contribution in [3.63, 3.8) is 0 Å². The fourth-order valence-electron chi connectivity index (χ4n) is 6.45. The lowest BCUT2D eigenvalue weighted by molar-refractivity contribution is 0.615. The fraction of sp³-hybridized carbons (Fsp3) is 0. The molecule has 0 saturated heterocycles. The molecule has 10 aromatic rings. The smallest absolute Gasteiger partial charge is 0.231 e. The minimum absolute atomic E-state index is 0.516. The monoisotopic (exact) mass is 622 g/mol. The highest BCUT2D eigenvalue weighted by Crippen LogP contribution is 2.42. The predicted octanol–water partition coefficient (Wildman–Crippen LogP) is 10.9. The fourth-order valence-corrected chi connectivity index (χ4v) is 7.66. The van der Waals surface area contributed by atoms with E-state index in [1.165, 1.54) is 15.5 Å². The lowest BCUT2D eigenvalue weighted by Gasteiger charge is -2.10. The number of hydrogen-bond donors (Lipinski definition) is 0. The standard InChI is InChI=1S/C40H22N4O2S/c1-2-11-23(12-3-1)37-42-38(44-39(43-37)29-18-8-14-25-24-13-4-7-22-33(24)47-36(25)29)27-16-10-21-32-34(27)26-15-9-17-28(35(26)45-32)40-41-30-19-5-6-20-31(30)46-40/h1-22H. The highest BCUT2D eigenvalue weighted by atomic mass is 32.1. The summed E-state index contributed by atoms with van der Waals surface area (Å²) in [5, 5.41) is 4.29. The summed E-state index contributed by atoms with van der Waals surface area (Å²) in [6.45, 7) is 0. The third-order valence-electron chi connectivity index (χ3n) is 8.60. The molecule has 7 heteroatoms. The van der Waals surface area contributed by atoms with E-state index in [0.29, 0.717) is 28.9 Å². The molecule has 0 aliphatic carbocycles. The molecular formula is C40H22N4O2S. The molecule has 0 amide bonds. The first kappa shape index (κ1) is 26.1. The van der Waals surface area contributed by atoms with Crippen LogP contribution < -0.4 is 0 Å². The van der Waals surface area contributed by atoms with E-state index < -0.39 is 0 Å². The summed E-state index contributed by atoms with van der Waals surface area (Å²) in [5.74, 6) is 2.33. The molecule has 0 bridgehead atoms. The van der Waals surface area contributed by atoms with E-state index in [1.54, 1.807) is 11.3 Å². The summed E-state index contributed by atoms with van der Waals surface area (Å²) in [6, 6.07) is 44.8. The van der Waals surface area contributed by atoms with Crippen LogP contribution in [0.3, 0.4) is 0 Å². The number of benzene rings is 6. The van der Waals surface area contributed by atoms with Gasteiger partial charge in [-0.1, -0.05) is 97.1 Å². The first-order valence-electron chi connectivity index (χ1n) is 15.3. The minimum Gasteiger partial charge on any atom is -0.455 e. The highest BCUT2D eigenvalue weighted by molar-refractivity contribution is 7.26. The number of thiophene rings is 1. The zero-order chi connectivity index (χ0) is 30.9. The molecular weight excluding hydrogens is 601 g/mol. The van der Waals surface area contributed by atoms with Crippen molar-refractivity contribution in [2.75, 3.05) is 0 Å². The van der Waals surface area contributed by atoms with Crippen LogP contribution in [0.4, 0.5) is 0 Å². The van der Waals surface area contributed by atoms with Crippen molar-refractivity contribution >= 4 is 64.5 Å². The van der Waals surface area contributed by atoms with Crippen molar-refractivity contribution in [3.8, 4) is 45.6 Å². The van der Waals surface area contributed by atoms with Gasteiger partial charge >= 0.3 is 0 Å². The SMILES string of the molecule is c1ccc(-c2nc(-c3cccc4c3sc3ccccc34)nc(-c3cccc4oc5c(-c6nc7ccccc7o6)cccc5c34)n2)cc1. The molecule has 0 atom stereocenters. The Kier molecular flexibility index (Phi) is 5.64. The van der Waals surface area contributed by atoms with Crippen LogP contribution in [0.15, 0.2) is 142 Å². The number of fused-ring (bicyclic) bond motifs is 7. The zero-order valence-electron chi connectivity index (χ0n) is 24.7. The van der Waals surface area contributed by atoms with E-state index >= 15 is 0 Å². The molecule has 6 aromatic carbocycles. The number of hydrogen-bond acceptors (Lipinski definition) is 7. The summed E-state index contributed by atoms with van der Waals surface area (Å²) in [5.41, 5.74) is 6.52. The first-order chi connectivity index (χ1) is 23.3. The molecule has 0 fully saturated rings. The van der Waals surface area contributed by atoms with Gasteiger partial charge in [0.15, 0.2) is 23.1 Å². The Morgan fingerprint density at radius 2 is 1.11 bits per heavy atom. The normalized spacial score (nSPS) is 11.8. The molecule has 0 aliphatic rings. The van der Waals surface area contributed by atoms with Gasteiger partial charge in [0, 0.05) is 47.6 Å². The van der Waals surface area contributed by atoms with Gasteiger partial charge in [0.2, 0.25) is 5.89 Å². The molecule has 4 aromatic heterocycles. The molecule has 0 aliphatic heterocycles. The van der Waals surface area contributed by atoms with Crippen LogP contribution in [0.1, 0.15) is 0 Å². The largest absolute Gasteiger partial charge is 0.455 e. The van der Waals surface area contributed by atoms with Crippen molar-refractivity contribution in [1.29, 1.82) is 0 Å². The van der Waals surface area contributed by atoms with Gasteiger partial charge in [-0.25, -0.2) is 19.9 Å². The van der Waals surface area contributed by atoms with E-state index in [2.05, 4.69) is 54.6 Å². The third kappa shape index (κ3) is 4.10. The quantitative estimate of drug-likeness (QED) is 0.194. The van der Waals surface area contributed by atoms with E-state index in [-0.39, 0.29) is 0 Å². The molecule has 47 heavy (non-hydrogen) atoms. The zero-order valence-corrected chi connectivity index (χ0v) is 25.5. The van der Waals surface area contributed by atoms with Crippen molar-refractivity contribution in [3.05, 3.63) is 133 Å². The summed E-state index contributed by atoms with van der Waals surface area (Å²) in [4.78, 5) is 20.1. The number of rotatable bonds is 4. The predicted molar refractivity (Wildman–Crippen MR) is 189 cm³/mol. The molecule has 4 heterocycles. The Hall–Kier alpha value is -6.18. The Morgan fingerprint density at radius 3 is 2.00 bits per heavy atom. The maximum Gasteiger partial charge on any atom is 0.231 e. The lowest BCUT2D eigenvalue weighted by Crippen LogP contribution is -2.00. The summed E-state index contributed by atoms with van der Waals surface area (Å²) in [6.07, 6.45) is 0. The topological polar surface area (TPSA) is 77.8 Å². The second-order valence-corrected chi connectivity index (χ2v) is 12.5. The lowest BCUT2D eigenvalue weighted by atomic mass is 10.0. The maximum atomic E-state index is 6.55. The van der Waals surface area contributed by atoms with Crippen LogP contribution in [0.25, 0.3) is 98.8 Å². The van der Waals surface area contributed by atoms with E-state index in [4.69, 9.17) is 28.8 Å². The number of furan rings is 1. The molecule has 0 saturated carbocycles. The van der Waals surface area contributed by atoms with Gasteiger partial charge < -0.3 is 8.83 Å². The van der Waals surface area contributed by atoms with Crippen LogP contribution >= 0.6 is 11.3 Å². The van der Waals surface area contributed by atoms with Crippen molar-refractivity contribution < 1.29 is 8.83 Å². The first-order valence-corrected chi connectivity index (χ1v) is 16.1. The van der Waals surface area contributed by atoms with Crippen LogP contribution in [-0.2, 0) is 0 Å². The van der Waals surface area contributed by atoms with Crippen LogP contribution in [-0.4, -0.2) is 19.9 Å². The van der Waals surface area contributed by atoms with Crippen LogP contribution in [0.2, 0.25) is 0 Å². The number of oxazole rings is 1. The Balaban J connectivity index is 1.23. The summed E-state index contributed by atoms with van der Waals surface area (Å²) < 4.78 is 15.1. The van der Waals surface area contributed by atoms with Gasteiger partial charge in [-0.05, 0) is 36.4 Å². The average Bonchev–Trinajstić information content (AvgIpc) is 3.85. The van der Waals surface area contributed by atoms with Crippen molar-refractivity contribution in [2.24, 2.45) is 0 Å². The number of para-hydroxylation sites is 3. The van der Waals surface area contributed by atoms with E-state index in [9.17, 15) is 0 Å². The highest BCUT2D eigenvalue weighted by Gasteiger charge is 2.22. The molecule has 0 radical (unpaired) electrons. The van der Waals surface area contributed by atoms with Gasteiger partial charge in [-0.2, -0.15) is 0 Å². The molecule has 0 spiro atoms. The van der Waals surface area contributed by atoms with Gasteiger partial charge in [0.1, 0.15) is 16.7 Å². The molecule has 0 unspecified atom stereocenters. The minimum atomic E-state index is 0.516. The second kappa shape index (κ2) is 10.2. The Bertz CT molecular complexity index is 2780. The third-order valence-corrected chi connectivity index (χ3v) is 9.82. The van der Waals surface area contributed by atoms with Crippen molar-refractivity contribution in [2.45, 2.75) is 0 Å². The van der Waals surface area contributed by atoms with Gasteiger partial charge in [-0.15, -0.1) is 11.3 Å². The Morgan fingerprint density at radius 1 is 0.447 bits per heavy atom. The van der Waals surface area contributed by atoms with Crippen LogP contribution in [0, 0.1) is 0 Å². The van der Waals surface area contributed by atoms with Crippen LogP contribution in [0.5, 0.6) is 0 Å². The Labute approximate surface area is 271 Å². The molecule has 6 nitrogen and oxygen atoms in total. The van der Waals surface area contributed by atoms with Crippen molar-refractivity contribution in [1.82, 2.24) is 19.9 Å². The molecule has 0 N–H and O–H groups in total.